The number of hydrogen-bond acceptors (Lipinski definition) is 4. The molecule has 29 heavy (non-hydrogen) atoms. The normalized spacial score (nSPS) is 22.8. The van der Waals surface area contributed by atoms with Crippen molar-refractivity contribution in [3.8, 4) is 5.75 Å². The molecule has 0 aromatic heterocycles. The number of nitrogens with zero attached hydrogens (tertiary/aromatic N) is 1. The molecule has 3 rings (SSSR count). The smallest absolute Gasteiger partial charge is 0.411 e. The van der Waals surface area contributed by atoms with Gasteiger partial charge in [-0.2, -0.15) is 0 Å². The van der Waals surface area contributed by atoms with E-state index >= 15 is 0 Å². The number of anilines is 1. The van der Waals surface area contributed by atoms with Crippen LogP contribution in [0, 0.1) is 0 Å². The molecule has 1 aromatic rings. The molecule has 1 amide bonds. The molecule has 1 saturated heterocycles. The van der Waals surface area contributed by atoms with E-state index in [4.69, 9.17) is 9.47 Å². The number of ether oxygens (including phenoxy) is 2. The van der Waals surface area contributed by atoms with Gasteiger partial charge in [0.05, 0.1) is 6.61 Å². The summed E-state index contributed by atoms with van der Waals surface area (Å²) in [5.74, 6) is 0.794. The van der Waals surface area contributed by atoms with Crippen molar-refractivity contribution in [2.45, 2.75) is 89.7 Å². The summed E-state index contributed by atoms with van der Waals surface area (Å²) in [6.07, 6.45) is 12.7. The molecule has 1 N–H and O–H groups in total. The van der Waals surface area contributed by atoms with Gasteiger partial charge in [-0.1, -0.05) is 38.7 Å². The first kappa shape index (κ1) is 21.9. The minimum Gasteiger partial charge on any atom is -0.494 e. The molecule has 0 bridgehead atoms. The van der Waals surface area contributed by atoms with E-state index < -0.39 is 0 Å². The summed E-state index contributed by atoms with van der Waals surface area (Å²) in [6.45, 7) is 5.33. The quantitative estimate of drug-likeness (QED) is 0.515. The number of carbonyl (C=O) groups is 1. The molecule has 1 aliphatic carbocycles. The van der Waals surface area contributed by atoms with E-state index in [-0.39, 0.29) is 12.2 Å². The Bertz CT molecular complexity index is 616. The minimum absolute atomic E-state index is 0.0219. The van der Waals surface area contributed by atoms with E-state index in [1.54, 1.807) is 0 Å². The molecule has 1 aromatic carbocycles. The zero-order valence-corrected chi connectivity index (χ0v) is 18.0. The van der Waals surface area contributed by atoms with Crippen LogP contribution in [0.4, 0.5) is 10.5 Å². The van der Waals surface area contributed by atoms with Gasteiger partial charge in [0.1, 0.15) is 11.9 Å². The molecule has 2 aliphatic rings. The Morgan fingerprint density at radius 3 is 2.79 bits per heavy atom. The highest BCUT2D eigenvalue weighted by molar-refractivity contribution is 5.84. The van der Waals surface area contributed by atoms with E-state index in [1.165, 1.54) is 58.0 Å². The molecule has 0 spiro atoms. The number of amides is 1. The lowest BCUT2D eigenvalue weighted by Gasteiger charge is -2.39. The van der Waals surface area contributed by atoms with Crippen molar-refractivity contribution in [2.24, 2.45) is 0 Å². The monoisotopic (exact) mass is 402 g/mol. The Labute approximate surface area is 176 Å². The van der Waals surface area contributed by atoms with Crippen LogP contribution in [-0.2, 0) is 4.74 Å². The topological polar surface area (TPSA) is 50.8 Å². The van der Waals surface area contributed by atoms with Crippen LogP contribution in [0.5, 0.6) is 5.75 Å². The highest BCUT2D eigenvalue weighted by atomic mass is 16.6. The number of hydrogen-bond donors (Lipinski definition) is 1. The van der Waals surface area contributed by atoms with Crippen molar-refractivity contribution in [1.29, 1.82) is 0 Å². The Morgan fingerprint density at radius 1 is 1.10 bits per heavy atom. The summed E-state index contributed by atoms with van der Waals surface area (Å²) < 4.78 is 11.6. The summed E-state index contributed by atoms with van der Waals surface area (Å²) in [4.78, 5) is 15.0. The molecule has 1 heterocycles. The van der Waals surface area contributed by atoms with E-state index in [1.807, 2.05) is 24.3 Å². The fraction of sp³-hybridized carbons (Fsp3) is 0.708. The first-order valence-electron chi connectivity index (χ1n) is 11.7. The Kier molecular flexibility index (Phi) is 9.13. The van der Waals surface area contributed by atoms with E-state index in [2.05, 4.69) is 17.1 Å². The van der Waals surface area contributed by atoms with Gasteiger partial charge in [0.2, 0.25) is 0 Å². The summed E-state index contributed by atoms with van der Waals surface area (Å²) >= 11 is 0. The minimum atomic E-state index is -0.352. The lowest BCUT2D eigenvalue weighted by atomic mass is 9.90. The van der Waals surface area contributed by atoms with Crippen molar-refractivity contribution in [1.82, 2.24) is 4.90 Å². The standard InChI is InChI=1S/C24H38N2O3/c1-2-3-4-8-17-28-22-13-9-11-20(18-22)25-24(27)29-23-14-10-12-21(19-23)26-15-6-5-7-16-26/h9,11,13,18,21,23H,2-8,10,12,14-17,19H2,1H3,(H,25,27). The Balaban J connectivity index is 1.42. The van der Waals surface area contributed by atoms with Crippen molar-refractivity contribution in [3.05, 3.63) is 24.3 Å². The third kappa shape index (κ3) is 7.54. The van der Waals surface area contributed by atoms with Crippen LogP contribution in [0.15, 0.2) is 24.3 Å². The SMILES string of the molecule is CCCCCCOc1cccc(NC(=O)OC2CCCC(N3CCCCC3)C2)c1. The molecular formula is C24H38N2O3. The average molecular weight is 403 g/mol. The molecular weight excluding hydrogens is 364 g/mol. The molecule has 2 fully saturated rings. The molecule has 5 nitrogen and oxygen atoms in total. The lowest BCUT2D eigenvalue weighted by Crippen LogP contribution is -2.44. The third-order valence-corrected chi connectivity index (χ3v) is 6.13. The fourth-order valence-corrected chi connectivity index (χ4v) is 4.52. The number of carbonyl (C=O) groups excluding carboxylic acids is 1. The largest absolute Gasteiger partial charge is 0.494 e. The van der Waals surface area contributed by atoms with Gasteiger partial charge in [-0.05, 0) is 63.7 Å². The second-order valence-corrected chi connectivity index (χ2v) is 8.51. The second-order valence-electron chi connectivity index (χ2n) is 8.51. The predicted octanol–water partition coefficient (Wildman–Crippen LogP) is 5.99. The van der Waals surface area contributed by atoms with Crippen molar-refractivity contribution < 1.29 is 14.3 Å². The summed E-state index contributed by atoms with van der Waals surface area (Å²) in [7, 11) is 0. The summed E-state index contributed by atoms with van der Waals surface area (Å²) in [5.41, 5.74) is 0.726. The van der Waals surface area contributed by atoms with E-state index in [9.17, 15) is 4.79 Å². The highest BCUT2D eigenvalue weighted by Gasteiger charge is 2.29. The molecule has 0 radical (unpaired) electrons. The van der Waals surface area contributed by atoms with Gasteiger partial charge in [-0.15, -0.1) is 0 Å². The van der Waals surface area contributed by atoms with Crippen LogP contribution in [-0.4, -0.2) is 42.8 Å². The van der Waals surface area contributed by atoms with Gasteiger partial charge in [-0.25, -0.2) is 4.79 Å². The molecule has 2 unspecified atom stereocenters. The number of likely N-dealkylation sites (tertiary alicyclic amines) is 1. The van der Waals surface area contributed by atoms with Crippen LogP contribution >= 0.6 is 0 Å². The average Bonchev–Trinajstić information content (AvgIpc) is 2.75. The Morgan fingerprint density at radius 2 is 1.97 bits per heavy atom. The van der Waals surface area contributed by atoms with Gasteiger partial charge < -0.3 is 14.4 Å². The third-order valence-electron chi connectivity index (χ3n) is 6.13. The Hall–Kier alpha value is -1.75. The maximum Gasteiger partial charge on any atom is 0.411 e. The van der Waals surface area contributed by atoms with Gasteiger partial charge in [-0.3, -0.25) is 5.32 Å². The number of nitrogens with one attached hydrogen (secondary N) is 1. The number of benzene rings is 1. The zero-order valence-electron chi connectivity index (χ0n) is 18.0. The predicted molar refractivity (Wildman–Crippen MR) is 118 cm³/mol. The molecule has 162 valence electrons. The van der Waals surface area contributed by atoms with Crippen LogP contribution in [0.25, 0.3) is 0 Å². The summed E-state index contributed by atoms with van der Waals surface area (Å²) in [6, 6.07) is 8.16. The number of unbranched alkanes of at least 4 members (excludes halogenated alkanes) is 3. The highest BCUT2D eigenvalue weighted by Crippen LogP contribution is 2.28. The zero-order chi connectivity index (χ0) is 20.3. The first-order chi connectivity index (χ1) is 14.2. The molecule has 1 saturated carbocycles. The van der Waals surface area contributed by atoms with Crippen molar-refractivity contribution in [3.63, 3.8) is 0 Å². The maximum absolute atomic E-state index is 12.4. The van der Waals surface area contributed by atoms with Crippen molar-refractivity contribution >= 4 is 11.8 Å². The van der Waals surface area contributed by atoms with Crippen molar-refractivity contribution in [2.75, 3.05) is 25.0 Å². The maximum atomic E-state index is 12.4. The second kappa shape index (κ2) is 12.1. The number of rotatable bonds is 9. The van der Waals surface area contributed by atoms with Gasteiger partial charge in [0.15, 0.2) is 0 Å². The molecule has 2 atom stereocenters. The van der Waals surface area contributed by atoms with Gasteiger partial charge in [0.25, 0.3) is 0 Å². The van der Waals surface area contributed by atoms with Gasteiger partial charge in [0, 0.05) is 24.2 Å². The first-order valence-corrected chi connectivity index (χ1v) is 11.7. The molecule has 1 aliphatic heterocycles. The van der Waals surface area contributed by atoms with Gasteiger partial charge >= 0.3 is 6.09 Å². The number of piperidine rings is 1. The molecule has 5 heteroatoms. The fourth-order valence-electron chi connectivity index (χ4n) is 4.52. The lowest BCUT2D eigenvalue weighted by molar-refractivity contribution is 0.0391. The van der Waals surface area contributed by atoms with E-state index in [0.717, 1.165) is 37.1 Å². The van der Waals surface area contributed by atoms with Crippen LogP contribution in [0.2, 0.25) is 0 Å². The van der Waals surface area contributed by atoms with Crippen LogP contribution in [0.1, 0.15) is 77.6 Å². The van der Waals surface area contributed by atoms with E-state index in [0.29, 0.717) is 12.6 Å². The van der Waals surface area contributed by atoms with Crippen LogP contribution < -0.4 is 10.1 Å². The summed E-state index contributed by atoms with van der Waals surface area (Å²) in [5, 5.41) is 2.88. The van der Waals surface area contributed by atoms with Crippen LogP contribution in [0.3, 0.4) is 0 Å².